The zero-order chi connectivity index (χ0) is 17.5. The molecule has 5 heteroatoms. The van der Waals surface area contributed by atoms with E-state index in [1.807, 2.05) is 12.4 Å². The number of nitrogens with one attached hydrogen (secondary N) is 1. The van der Waals surface area contributed by atoms with E-state index in [1.54, 1.807) is 7.11 Å². The zero-order valence-electron chi connectivity index (χ0n) is 15.2. The quantitative estimate of drug-likeness (QED) is 0.800. The van der Waals surface area contributed by atoms with Gasteiger partial charge in [0, 0.05) is 44.7 Å². The van der Waals surface area contributed by atoms with E-state index in [4.69, 9.17) is 9.47 Å². The maximum absolute atomic E-state index is 6.12. The first-order chi connectivity index (χ1) is 12.3. The van der Waals surface area contributed by atoms with Gasteiger partial charge in [-0.15, -0.1) is 0 Å². The van der Waals surface area contributed by atoms with Gasteiger partial charge in [-0.25, -0.2) is 4.98 Å². The van der Waals surface area contributed by atoms with Crippen LogP contribution in [0.15, 0.2) is 42.7 Å². The third kappa shape index (κ3) is 4.69. The van der Waals surface area contributed by atoms with Crippen LogP contribution in [0, 0.1) is 0 Å². The van der Waals surface area contributed by atoms with E-state index in [2.05, 4.69) is 52.1 Å². The number of methoxy groups -OCH3 is 1. The molecule has 0 aliphatic carbocycles. The number of benzene rings is 1. The Morgan fingerprint density at radius 3 is 2.96 bits per heavy atom. The molecule has 25 heavy (non-hydrogen) atoms. The summed E-state index contributed by atoms with van der Waals surface area (Å²) in [5, 5.41) is 3.79. The molecule has 0 radical (unpaired) electrons. The summed E-state index contributed by atoms with van der Waals surface area (Å²) in [7, 11) is 1.76. The van der Waals surface area contributed by atoms with Crippen LogP contribution in [0.25, 0.3) is 0 Å². The Kier molecular flexibility index (Phi) is 6.62. The predicted molar refractivity (Wildman–Crippen MR) is 98.6 cm³/mol. The Morgan fingerprint density at radius 2 is 2.20 bits per heavy atom. The van der Waals surface area contributed by atoms with Crippen molar-refractivity contribution in [2.75, 3.05) is 20.3 Å². The summed E-state index contributed by atoms with van der Waals surface area (Å²) in [6.07, 6.45) is 7.01. The SMILES string of the molecule is CCn1ccnc1[C@H]1OCCC[C@@H]1NC(COC)Cc1ccccc1. The van der Waals surface area contributed by atoms with Crippen LogP contribution in [-0.2, 0) is 22.4 Å². The van der Waals surface area contributed by atoms with Gasteiger partial charge in [-0.05, 0) is 31.7 Å². The van der Waals surface area contributed by atoms with E-state index < -0.39 is 0 Å². The highest BCUT2D eigenvalue weighted by molar-refractivity contribution is 5.16. The topological polar surface area (TPSA) is 48.3 Å². The summed E-state index contributed by atoms with van der Waals surface area (Å²) < 4.78 is 13.8. The van der Waals surface area contributed by atoms with Crippen LogP contribution < -0.4 is 5.32 Å². The second kappa shape index (κ2) is 9.13. The van der Waals surface area contributed by atoms with Crippen molar-refractivity contribution < 1.29 is 9.47 Å². The lowest BCUT2D eigenvalue weighted by Gasteiger charge is -2.35. The molecular weight excluding hydrogens is 314 g/mol. The number of hydrogen-bond donors (Lipinski definition) is 1. The molecule has 3 rings (SSSR count). The number of nitrogens with zero attached hydrogens (tertiary/aromatic N) is 2. The average molecular weight is 343 g/mol. The van der Waals surface area contributed by atoms with Crippen molar-refractivity contribution in [3.05, 3.63) is 54.1 Å². The van der Waals surface area contributed by atoms with Gasteiger partial charge in [-0.1, -0.05) is 30.3 Å². The van der Waals surface area contributed by atoms with Crippen molar-refractivity contribution in [3.63, 3.8) is 0 Å². The van der Waals surface area contributed by atoms with E-state index in [0.29, 0.717) is 6.61 Å². The second-order valence-electron chi connectivity index (χ2n) is 6.62. The lowest BCUT2D eigenvalue weighted by molar-refractivity contribution is -0.0235. The fourth-order valence-corrected chi connectivity index (χ4v) is 3.62. The van der Waals surface area contributed by atoms with Gasteiger partial charge in [-0.3, -0.25) is 0 Å². The highest BCUT2D eigenvalue weighted by Gasteiger charge is 2.32. The van der Waals surface area contributed by atoms with Gasteiger partial charge in [-0.2, -0.15) is 0 Å². The molecule has 0 spiro atoms. The van der Waals surface area contributed by atoms with Crippen molar-refractivity contribution in [2.45, 2.75) is 50.9 Å². The van der Waals surface area contributed by atoms with Gasteiger partial charge in [0.1, 0.15) is 11.9 Å². The first-order valence-electron chi connectivity index (χ1n) is 9.23. The van der Waals surface area contributed by atoms with Crippen molar-refractivity contribution in [1.29, 1.82) is 0 Å². The molecule has 1 aromatic heterocycles. The number of ether oxygens (including phenoxy) is 2. The smallest absolute Gasteiger partial charge is 0.139 e. The molecule has 136 valence electrons. The Bertz CT molecular complexity index is 629. The van der Waals surface area contributed by atoms with Crippen LogP contribution in [0.2, 0.25) is 0 Å². The van der Waals surface area contributed by atoms with E-state index in [1.165, 1.54) is 5.56 Å². The number of hydrogen-bond acceptors (Lipinski definition) is 4. The molecule has 1 unspecified atom stereocenters. The minimum atomic E-state index is -0.00108. The summed E-state index contributed by atoms with van der Waals surface area (Å²) in [5.41, 5.74) is 1.32. The van der Waals surface area contributed by atoms with Crippen molar-refractivity contribution >= 4 is 0 Å². The normalized spacial score (nSPS) is 22.0. The lowest BCUT2D eigenvalue weighted by atomic mass is 9.98. The van der Waals surface area contributed by atoms with Crippen molar-refractivity contribution in [2.24, 2.45) is 0 Å². The molecule has 1 N–H and O–H groups in total. The van der Waals surface area contributed by atoms with Crippen molar-refractivity contribution in [1.82, 2.24) is 14.9 Å². The molecule has 0 amide bonds. The van der Waals surface area contributed by atoms with Gasteiger partial charge in [0.2, 0.25) is 0 Å². The molecule has 1 fully saturated rings. The number of imidazole rings is 1. The third-order valence-corrected chi connectivity index (χ3v) is 4.81. The van der Waals surface area contributed by atoms with Crippen LogP contribution in [0.3, 0.4) is 0 Å². The maximum Gasteiger partial charge on any atom is 0.139 e. The molecule has 2 aromatic rings. The largest absolute Gasteiger partial charge is 0.383 e. The summed E-state index contributed by atoms with van der Waals surface area (Å²) in [5.74, 6) is 1.02. The highest BCUT2D eigenvalue weighted by atomic mass is 16.5. The average Bonchev–Trinajstić information content (AvgIpc) is 3.12. The summed E-state index contributed by atoms with van der Waals surface area (Å²) in [4.78, 5) is 4.56. The van der Waals surface area contributed by atoms with E-state index in [0.717, 1.165) is 38.2 Å². The molecule has 1 aliphatic rings. The van der Waals surface area contributed by atoms with E-state index in [-0.39, 0.29) is 18.2 Å². The molecular formula is C20H29N3O2. The maximum atomic E-state index is 6.12. The van der Waals surface area contributed by atoms with Crippen LogP contribution >= 0.6 is 0 Å². The Labute approximate surface area is 150 Å². The fraction of sp³-hybridized carbons (Fsp3) is 0.550. The summed E-state index contributed by atoms with van der Waals surface area (Å²) in [6, 6.07) is 11.1. The highest BCUT2D eigenvalue weighted by Crippen LogP contribution is 2.28. The van der Waals surface area contributed by atoms with Crippen LogP contribution in [0.1, 0.15) is 37.3 Å². The third-order valence-electron chi connectivity index (χ3n) is 4.81. The van der Waals surface area contributed by atoms with Gasteiger partial charge in [0.05, 0.1) is 6.61 Å². The second-order valence-corrected chi connectivity index (χ2v) is 6.62. The minimum Gasteiger partial charge on any atom is -0.383 e. The number of aryl methyl sites for hydroxylation is 1. The lowest BCUT2D eigenvalue weighted by Crippen LogP contribution is -2.48. The number of rotatable bonds is 8. The van der Waals surface area contributed by atoms with Crippen LogP contribution in [0.5, 0.6) is 0 Å². The van der Waals surface area contributed by atoms with Gasteiger partial charge in [0.15, 0.2) is 0 Å². The van der Waals surface area contributed by atoms with Crippen LogP contribution in [-0.4, -0.2) is 42.0 Å². The Balaban J connectivity index is 1.72. The van der Waals surface area contributed by atoms with Gasteiger partial charge >= 0.3 is 0 Å². The van der Waals surface area contributed by atoms with E-state index in [9.17, 15) is 0 Å². The Morgan fingerprint density at radius 1 is 1.36 bits per heavy atom. The molecule has 5 nitrogen and oxygen atoms in total. The summed E-state index contributed by atoms with van der Waals surface area (Å²) in [6.45, 7) is 4.53. The Hall–Kier alpha value is -1.69. The molecule has 2 heterocycles. The number of aromatic nitrogens is 2. The predicted octanol–water partition coefficient (Wildman–Crippen LogP) is 2.97. The molecule has 3 atom stereocenters. The standard InChI is InChI=1S/C20H29N3O2/c1-3-23-12-11-21-20(23)19-18(10-7-13-25-19)22-17(15-24-2)14-16-8-5-4-6-9-16/h4-6,8-9,11-12,17-19,22H,3,7,10,13-15H2,1-2H3/t17?,18-,19-/m0/s1. The molecule has 1 saturated heterocycles. The first-order valence-corrected chi connectivity index (χ1v) is 9.23. The zero-order valence-corrected chi connectivity index (χ0v) is 15.2. The van der Waals surface area contributed by atoms with Crippen LogP contribution in [0.4, 0.5) is 0 Å². The van der Waals surface area contributed by atoms with Gasteiger partial charge in [0.25, 0.3) is 0 Å². The molecule has 1 aliphatic heterocycles. The minimum absolute atomic E-state index is 0.00108. The fourth-order valence-electron chi connectivity index (χ4n) is 3.62. The summed E-state index contributed by atoms with van der Waals surface area (Å²) >= 11 is 0. The first kappa shape index (κ1) is 18.1. The molecule has 1 aromatic carbocycles. The van der Waals surface area contributed by atoms with Gasteiger partial charge < -0.3 is 19.4 Å². The van der Waals surface area contributed by atoms with Crippen molar-refractivity contribution in [3.8, 4) is 0 Å². The van der Waals surface area contributed by atoms with E-state index >= 15 is 0 Å². The molecule has 0 bridgehead atoms. The molecule has 0 saturated carbocycles. The monoisotopic (exact) mass is 343 g/mol.